The molecule has 1 aliphatic heterocycles. The second-order valence-corrected chi connectivity index (χ2v) is 7.27. The summed E-state index contributed by atoms with van der Waals surface area (Å²) in [6.07, 6.45) is -0.352. The first-order valence-corrected chi connectivity index (χ1v) is 8.37. The van der Waals surface area contributed by atoms with Gasteiger partial charge in [0.2, 0.25) is 10.0 Å². The molecule has 2 rings (SSSR count). The molecule has 2 atom stereocenters. The fourth-order valence-electron chi connectivity index (χ4n) is 2.57. The van der Waals surface area contributed by atoms with Crippen molar-refractivity contribution in [3.8, 4) is 0 Å². The highest BCUT2D eigenvalue weighted by Gasteiger charge is 2.33. The SMILES string of the molecule is CNCc1ccc(F)cc1S(=O)(=O)N1C[C@@H](C)O[C@@H](C)C1. The Hall–Kier alpha value is -1.02. The summed E-state index contributed by atoms with van der Waals surface area (Å²) in [7, 11) is -2.01. The van der Waals surface area contributed by atoms with Gasteiger partial charge < -0.3 is 10.1 Å². The van der Waals surface area contributed by atoms with Crippen LogP contribution in [0.4, 0.5) is 4.39 Å². The van der Waals surface area contributed by atoms with Gasteiger partial charge in [-0.3, -0.25) is 0 Å². The molecule has 1 heterocycles. The number of morpholine rings is 1. The maximum Gasteiger partial charge on any atom is 0.243 e. The lowest BCUT2D eigenvalue weighted by atomic mass is 10.2. The summed E-state index contributed by atoms with van der Waals surface area (Å²) in [5.74, 6) is -0.553. The van der Waals surface area contributed by atoms with Crippen molar-refractivity contribution >= 4 is 10.0 Å². The van der Waals surface area contributed by atoms with Crippen molar-refractivity contribution in [2.24, 2.45) is 0 Å². The average Bonchev–Trinajstić information content (AvgIpc) is 2.40. The number of ether oxygens (including phenoxy) is 1. The first kappa shape index (κ1) is 16.4. The first-order chi connectivity index (χ1) is 9.84. The van der Waals surface area contributed by atoms with Gasteiger partial charge in [0.05, 0.1) is 17.1 Å². The number of nitrogens with zero attached hydrogens (tertiary/aromatic N) is 1. The molecule has 1 aromatic carbocycles. The fraction of sp³-hybridized carbons (Fsp3) is 0.571. The van der Waals surface area contributed by atoms with E-state index in [0.717, 1.165) is 6.07 Å². The third kappa shape index (κ3) is 3.60. The van der Waals surface area contributed by atoms with E-state index in [-0.39, 0.29) is 30.2 Å². The van der Waals surface area contributed by atoms with Crippen LogP contribution in [0.2, 0.25) is 0 Å². The summed E-state index contributed by atoms with van der Waals surface area (Å²) in [5.41, 5.74) is 0.561. The van der Waals surface area contributed by atoms with Gasteiger partial charge in [-0.15, -0.1) is 0 Å². The molecule has 1 fully saturated rings. The topological polar surface area (TPSA) is 58.6 Å². The van der Waals surface area contributed by atoms with Gasteiger partial charge in [-0.2, -0.15) is 4.31 Å². The largest absolute Gasteiger partial charge is 0.373 e. The lowest BCUT2D eigenvalue weighted by Gasteiger charge is -2.34. The Balaban J connectivity index is 2.41. The Morgan fingerprint density at radius 1 is 1.33 bits per heavy atom. The number of hydrogen-bond acceptors (Lipinski definition) is 4. The van der Waals surface area contributed by atoms with E-state index < -0.39 is 15.8 Å². The van der Waals surface area contributed by atoms with Crippen molar-refractivity contribution in [3.05, 3.63) is 29.6 Å². The van der Waals surface area contributed by atoms with E-state index >= 15 is 0 Å². The highest BCUT2D eigenvalue weighted by atomic mass is 32.2. The number of halogens is 1. The average molecular weight is 316 g/mol. The third-order valence-corrected chi connectivity index (χ3v) is 5.31. The molecule has 1 aromatic rings. The van der Waals surface area contributed by atoms with Crippen LogP contribution in [-0.2, 0) is 21.3 Å². The molecule has 1 saturated heterocycles. The first-order valence-electron chi connectivity index (χ1n) is 6.93. The minimum Gasteiger partial charge on any atom is -0.373 e. The van der Waals surface area contributed by atoms with Gasteiger partial charge in [0.25, 0.3) is 0 Å². The van der Waals surface area contributed by atoms with Crippen LogP contribution in [0, 0.1) is 5.82 Å². The van der Waals surface area contributed by atoms with Gasteiger partial charge in [-0.05, 0) is 38.6 Å². The van der Waals surface area contributed by atoms with E-state index in [9.17, 15) is 12.8 Å². The van der Waals surface area contributed by atoms with Crippen LogP contribution in [0.1, 0.15) is 19.4 Å². The molecular formula is C14H21FN2O3S. The smallest absolute Gasteiger partial charge is 0.243 e. The van der Waals surface area contributed by atoms with Crippen molar-refractivity contribution in [1.82, 2.24) is 9.62 Å². The fourth-order valence-corrected chi connectivity index (χ4v) is 4.39. The second kappa shape index (κ2) is 6.39. The molecule has 0 unspecified atom stereocenters. The van der Waals surface area contributed by atoms with Crippen LogP contribution in [0.25, 0.3) is 0 Å². The van der Waals surface area contributed by atoms with Crippen molar-refractivity contribution in [2.45, 2.75) is 37.5 Å². The van der Waals surface area contributed by atoms with Gasteiger partial charge in [0.15, 0.2) is 0 Å². The molecule has 0 spiro atoms. The van der Waals surface area contributed by atoms with Crippen LogP contribution >= 0.6 is 0 Å². The minimum absolute atomic E-state index is 0.0261. The molecule has 7 heteroatoms. The number of hydrogen-bond donors (Lipinski definition) is 1. The predicted octanol–water partition coefficient (Wildman–Crippen LogP) is 1.34. The summed E-state index contributed by atoms with van der Waals surface area (Å²) >= 11 is 0. The zero-order valence-electron chi connectivity index (χ0n) is 12.5. The molecule has 118 valence electrons. The minimum atomic E-state index is -3.73. The summed E-state index contributed by atoms with van der Waals surface area (Å²) < 4.78 is 46.0. The Morgan fingerprint density at radius 3 is 2.52 bits per heavy atom. The molecule has 0 aromatic heterocycles. The standard InChI is InChI=1S/C14H21FN2O3S/c1-10-8-17(9-11(2)20-10)21(18,19)14-6-13(15)5-4-12(14)7-16-3/h4-6,10-11,16H,7-9H2,1-3H3/t10-,11+. The summed E-state index contributed by atoms with van der Waals surface area (Å²) in [5, 5.41) is 2.91. The van der Waals surface area contributed by atoms with Gasteiger partial charge in [0, 0.05) is 19.6 Å². The zero-order valence-corrected chi connectivity index (χ0v) is 13.3. The number of sulfonamides is 1. The Labute approximate surface area is 125 Å². The number of benzene rings is 1. The van der Waals surface area contributed by atoms with E-state index in [0.29, 0.717) is 12.1 Å². The van der Waals surface area contributed by atoms with E-state index in [1.54, 1.807) is 7.05 Å². The molecule has 0 bridgehead atoms. The molecule has 0 radical (unpaired) electrons. The van der Waals surface area contributed by atoms with Gasteiger partial charge in [-0.1, -0.05) is 6.07 Å². The number of nitrogens with one attached hydrogen (secondary N) is 1. The van der Waals surface area contributed by atoms with E-state index in [1.165, 1.54) is 16.4 Å². The molecule has 5 nitrogen and oxygen atoms in total. The van der Waals surface area contributed by atoms with Crippen LogP contribution in [0.3, 0.4) is 0 Å². The van der Waals surface area contributed by atoms with E-state index in [4.69, 9.17) is 4.74 Å². The van der Waals surface area contributed by atoms with Crippen molar-refractivity contribution in [1.29, 1.82) is 0 Å². The predicted molar refractivity (Wildman–Crippen MR) is 77.9 cm³/mol. The quantitative estimate of drug-likeness (QED) is 0.911. The highest BCUT2D eigenvalue weighted by Crippen LogP contribution is 2.24. The Morgan fingerprint density at radius 2 is 1.95 bits per heavy atom. The molecule has 0 aliphatic carbocycles. The normalized spacial score (nSPS) is 24.2. The van der Waals surface area contributed by atoms with Gasteiger partial charge in [-0.25, -0.2) is 12.8 Å². The molecule has 1 aliphatic rings. The number of rotatable bonds is 4. The molecule has 1 N–H and O–H groups in total. The van der Waals surface area contributed by atoms with Crippen LogP contribution in [0.5, 0.6) is 0 Å². The molecule has 0 amide bonds. The van der Waals surface area contributed by atoms with Gasteiger partial charge >= 0.3 is 0 Å². The summed E-state index contributed by atoms with van der Waals surface area (Å²) in [4.78, 5) is 0.0261. The maximum absolute atomic E-state index is 13.5. The van der Waals surface area contributed by atoms with Crippen molar-refractivity contribution < 1.29 is 17.5 Å². The lowest BCUT2D eigenvalue weighted by Crippen LogP contribution is -2.48. The molecule has 21 heavy (non-hydrogen) atoms. The summed E-state index contributed by atoms with van der Waals surface area (Å²) in [6.45, 7) is 4.59. The Bertz CT molecular complexity index is 596. The van der Waals surface area contributed by atoms with Crippen LogP contribution < -0.4 is 5.32 Å². The highest BCUT2D eigenvalue weighted by molar-refractivity contribution is 7.89. The van der Waals surface area contributed by atoms with E-state index in [1.807, 2.05) is 13.8 Å². The van der Waals surface area contributed by atoms with Crippen molar-refractivity contribution in [3.63, 3.8) is 0 Å². The van der Waals surface area contributed by atoms with Crippen molar-refractivity contribution in [2.75, 3.05) is 20.1 Å². The lowest BCUT2D eigenvalue weighted by molar-refractivity contribution is -0.0441. The van der Waals surface area contributed by atoms with Gasteiger partial charge in [0.1, 0.15) is 5.82 Å². The maximum atomic E-state index is 13.5. The summed E-state index contributed by atoms with van der Waals surface area (Å²) in [6, 6.07) is 3.87. The molecular weight excluding hydrogens is 295 g/mol. The third-order valence-electron chi connectivity index (χ3n) is 3.40. The monoisotopic (exact) mass is 316 g/mol. The Kier molecular flexibility index (Phi) is 4.98. The van der Waals surface area contributed by atoms with E-state index in [2.05, 4.69) is 5.32 Å². The van der Waals surface area contributed by atoms with Crippen LogP contribution in [-0.4, -0.2) is 45.1 Å². The van der Waals surface area contributed by atoms with Crippen LogP contribution in [0.15, 0.2) is 23.1 Å². The molecule has 0 saturated carbocycles. The zero-order chi connectivity index (χ0) is 15.6. The second-order valence-electron chi connectivity index (χ2n) is 5.36.